The van der Waals surface area contributed by atoms with E-state index in [2.05, 4.69) is 0 Å². The van der Waals surface area contributed by atoms with Crippen LogP contribution < -0.4 is 23.7 Å². The van der Waals surface area contributed by atoms with Crippen LogP contribution in [0.5, 0.6) is 28.7 Å². The zero-order valence-electron chi connectivity index (χ0n) is 16.6. The summed E-state index contributed by atoms with van der Waals surface area (Å²) in [6.07, 6.45) is 1.98. The van der Waals surface area contributed by atoms with Gasteiger partial charge in [0.15, 0.2) is 11.5 Å². The molecule has 2 aromatic carbocycles. The molecule has 0 bridgehead atoms. The minimum atomic E-state index is -0.335. The normalized spacial score (nSPS) is 10.6. The van der Waals surface area contributed by atoms with Crippen LogP contribution in [-0.4, -0.2) is 34.4 Å². The number of rotatable bonds is 9. The first-order valence-electron chi connectivity index (χ1n) is 8.46. The molecule has 28 heavy (non-hydrogen) atoms. The number of benzene rings is 2. The molecule has 0 aliphatic carbocycles. The van der Waals surface area contributed by atoms with Gasteiger partial charge in [-0.05, 0) is 35.2 Å². The van der Waals surface area contributed by atoms with Gasteiger partial charge < -0.3 is 23.7 Å². The first kappa shape index (κ1) is 21.5. The maximum absolute atomic E-state index is 11.0. The fourth-order valence-corrected chi connectivity index (χ4v) is 3.33. The van der Waals surface area contributed by atoms with Crippen molar-refractivity contribution in [3.05, 3.63) is 46.9 Å². The number of ether oxygens (including phenoxy) is 5. The highest BCUT2D eigenvalue weighted by atomic mass is 32.2. The van der Waals surface area contributed by atoms with Crippen molar-refractivity contribution in [1.82, 2.24) is 0 Å². The quantitative estimate of drug-likeness (QED) is 0.449. The van der Waals surface area contributed by atoms with Gasteiger partial charge in [-0.15, -0.1) is 11.8 Å². The van der Waals surface area contributed by atoms with E-state index in [-0.39, 0.29) is 5.97 Å². The molecule has 0 heterocycles. The van der Waals surface area contributed by atoms with Crippen LogP contribution in [0.15, 0.2) is 35.7 Å². The second-order valence-corrected chi connectivity index (χ2v) is 6.51. The van der Waals surface area contributed by atoms with Gasteiger partial charge in [0.05, 0.1) is 28.4 Å². The minimum absolute atomic E-state index is 0.335. The Morgan fingerprint density at radius 2 is 1.57 bits per heavy atom. The molecule has 7 heteroatoms. The van der Waals surface area contributed by atoms with Gasteiger partial charge in [-0.3, -0.25) is 4.79 Å². The van der Waals surface area contributed by atoms with Crippen molar-refractivity contribution < 1.29 is 28.5 Å². The van der Waals surface area contributed by atoms with Crippen molar-refractivity contribution in [3.63, 3.8) is 0 Å². The minimum Gasteiger partial charge on any atom is -0.493 e. The third-order valence-corrected chi connectivity index (χ3v) is 4.61. The third kappa shape index (κ3) is 5.36. The predicted octanol–water partition coefficient (Wildman–Crippen LogP) is 4.55. The molecule has 0 aromatic heterocycles. The Bertz CT molecular complexity index is 830. The molecule has 0 saturated heterocycles. The average molecular weight is 404 g/mol. The fraction of sp³-hybridized carbons (Fsp3) is 0.286. The maximum Gasteiger partial charge on any atom is 0.308 e. The molecule has 0 unspecified atom stereocenters. The van der Waals surface area contributed by atoms with E-state index < -0.39 is 0 Å². The molecule has 0 saturated carbocycles. The summed E-state index contributed by atoms with van der Waals surface area (Å²) in [6, 6.07) is 9.17. The summed E-state index contributed by atoms with van der Waals surface area (Å²) in [5.74, 6) is 3.05. The molecule has 0 radical (unpaired) electrons. The number of carbonyl (C=O) groups is 1. The van der Waals surface area contributed by atoms with E-state index in [1.54, 1.807) is 52.3 Å². The second kappa shape index (κ2) is 10.5. The molecule has 2 aromatic rings. The van der Waals surface area contributed by atoms with Gasteiger partial charge >= 0.3 is 5.97 Å². The summed E-state index contributed by atoms with van der Waals surface area (Å²) in [5.41, 5.74) is 1.93. The Morgan fingerprint density at radius 3 is 2.11 bits per heavy atom. The lowest BCUT2D eigenvalue weighted by molar-refractivity contribution is -0.131. The number of hydrogen-bond donors (Lipinski definition) is 0. The van der Waals surface area contributed by atoms with Gasteiger partial charge in [-0.25, -0.2) is 0 Å². The molecule has 6 nitrogen and oxygen atoms in total. The van der Waals surface area contributed by atoms with Gasteiger partial charge in [0.2, 0.25) is 11.5 Å². The summed E-state index contributed by atoms with van der Waals surface area (Å²) in [4.78, 5) is 11.0. The summed E-state index contributed by atoms with van der Waals surface area (Å²) in [6.45, 7) is 1.38. The van der Waals surface area contributed by atoms with E-state index in [1.807, 2.05) is 29.7 Å². The molecule has 0 amide bonds. The summed E-state index contributed by atoms with van der Waals surface area (Å²) in [7, 11) is 6.30. The van der Waals surface area contributed by atoms with Gasteiger partial charge in [0.1, 0.15) is 5.75 Å². The molecule has 0 fully saturated rings. The average Bonchev–Trinajstić information content (AvgIpc) is 2.70. The zero-order chi connectivity index (χ0) is 20.5. The van der Waals surface area contributed by atoms with Crippen LogP contribution in [0, 0.1) is 0 Å². The van der Waals surface area contributed by atoms with Gasteiger partial charge in [0.25, 0.3) is 0 Å². The highest BCUT2D eigenvalue weighted by Crippen LogP contribution is 2.47. The fourth-order valence-electron chi connectivity index (χ4n) is 2.59. The van der Waals surface area contributed by atoms with Crippen molar-refractivity contribution in [2.75, 3.05) is 28.4 Å². The van der Waals surface area contributed by atoms with Crippen LogP contribution in [0.1, 0.15) is 18.1 Å². The van der Waals surface area contributed by atoms with Crippen LogP contribution in [0.25, 0.3) is 6.08 Å². The molecular formula is C21H24O6S. The van der Waals surface area contributed by atoms with E-state index in [1.165, 1.54) is 6.92 Å². The molecule has 150 valence electrons. The molecule has 2 rings (SSSR count). The van der Waals surface area contributed by atoms with Crippen LogP contribution in [0.2, 0.25) is 0 Å². The van der Waals surface area contributed by atoms with E-state index in [9.17, 15) is 4.79 Å². The Balaban J connectivity index is 2.11. The highest BCUT2D eigenvalue weighted by Gasteiger charge is 2.21. The van der Waals surface area contributed by atoms with Crippen molar-refractivity contribution >= 4 is 23.8 Å². The number of hydrogen-bond acceptors (Lipinski definition) is 7. The van der Waals surface area contributed by atoms with E-state index >= 15 is 0 Å². The van der Waals surface area contributed by atoms with E-state index in [0.29, 0.717) is 34.5 Å². The van der Waals surface area contributed by atoms with Crippen molar-refractivity contribution in [2.24, 2.45) is 0 Å². The lowest BCUT2D eigenvalue weighted by atomic mass is 10.1. The molecule has 0 spiro atoms. The van der Waals surface area contributed by atoms with Gasteiger partial charge in [0, 0.05) is 18.2 Å². The van der Waals surface area contributed by atoms with Crippen molar-refractivity contribution in [3.8, 4) is 28.7 Å². The van der Waals surface area contributed by atoms with Gasteiger partial charge in [-0.1, -0.05) is 12.1 Å². The first-order chi connectivity index (χ1) is 13.5. The highest BCUT2D eigenvalue weighted by molar-refractivity contribution is 8.01. The number of carbonyl (C=O) groups excluding carboxylic acids is 1. The lowest BCUT2D eigenvalue weighted by Crippen LogP contribution is -2.01. The van der Waals surface area contributed by atoms with E-state index in [0.717, 1.165) is 11.1 Å². The van der Waals surface area contributed by atoms with Crippen LogP contribution >= 0.6 is 11.8 Å². The number of methoxy groups -OCH3 is 4. The Morgan fingerprint density at radius 1 is 0.929 bits per heavy atom. The summed E-state index contributed by atoms with van der Waals surface area (Å²) >= 11 is 1.60. The largest absolute Gasteiger partial charge is 0.493 e. The number of esters is 1. The maximum atomic E-state index is 11.0. The standard InChI is InChI=1S/C21H24O6S/c1-14(22)27-17-8-6-15(7-9-17)10-11-28-13-16-12-18(23-2)20(25-4)21(26-5)19(16)24-3/h6-12H,13H2,1-5H3. The first-order valence-corrected chi connectivity index (χ1v) is 9.51. The Kier molecular flexibility index (Phi) is 8.07. The molecule has 0 N–H and O–H groups in total. The van der Waals surface area contributed by atoms with E-state index in [4.69, 9.17) is 23.7 Å². The monoisotopic (exact) mass is 404 g/mol. The summed E-state index contributed by atoms with van der Waals surface area (Å²) < 4.78 is 26.8. The van der Waals surface area contributed by atoms with Crippen LogP contribution in [0.3, 0.4) is 0 Å². The smallest absolute Gasteiger partial charge is 0.308 e. The zero-order valence-corrected chi connectivity index (χ0v) is 17.4. The second-order valence-electron chi connectivity index (χ2n) is 5.61. The predicted molar refractivity (Wildman–Crippen MR) is 111 cm³/mol. The molecular weight excluding hydrogens is 380 g/mol. The Hall–Kier alpha value is -2.80. The number of thioether (sulfide) groups is 1. The lowest BCUT2D eigenvalue weighted by Gasteiger charge is -2.18. The summed E-state index contributed by atoms with van der Waals surface area (Å²) in [5, 5.41) is 1.99. The third-order valence-electron chi connectivity index (χ3n) is 3.80. The Labute approximate surface area is 169 Å². The molecule has 0 aliphatic rings. The van der Waals surface area contributed by atoms with Crippen molar-refractivity contribution in [2.45, 2.75) is 12.7 Å². The van der Waals surface area contributed by atoms with Crippen LogP contribution in [-0.2, 0) is 10.5 Å². The molecule has 0 atom stereocenters. The SMILES string of the molecule is COc1cc(CSC=Cc2ccc(OC(C)=O)cc2)c(OC)c(OC)c1OC. The van der Waals surface area contributed by atoms with Crippen molar-refractivity contribution in [1.29, 1.82) is 0 Å². The van der Waals surface area contributed by atoms with Crippen LogP contribution in [0.4, 0.5) is 0 Å². The van der Waals surface area contributed by atoms with Gasteiger partial charge in [-0.2, -0.15) is 0 Å². The topological polar surface area (TPSA) is 63.2 Å². The molecule has 0 aliphatic heterocycles.